The zero-order valence-electron chi connectivity index (χ0n) is 19.4. The number of hydrogen-bond acceptors (Lipinski definition) is 15. The van der Waals surface area contributed by atoms with Crippen molar-refractivity contribution in [1.29, 1.82) is 0 Å². The molecule has 1 aromatic heterocycles. The van der Waals surface area contributed by atoms with Gasteiger partial charge in [0.05, 0.1) is 25.7 Å². The molecule has 0 spiro atoms. The minimum Gasteiger partial charge on any atom is -0.502 e. The third-order valence-corrected chi connectivity index (χ3v) is 6.24. The first-order valence-corrected chi connectivity index (χ1v) is 11.2. The Morgan fingerprint density at radius 3 is 2.08 bits per heavy atom. The van der Waals surface area contributed by atoms with Crippen molar-refractivity contribution in [1.82, 2.24) is 0 Å². The van der Waals surface area contributed by atoms with Crippen LogP contribution in [0, 0.1) is 0 Å². The Morgan fingerprint density at radius 2 is 1.46 bits per heavy atom. The lowest BCUT2D eigenvalue weighted by atomic mass is 9.97. The molecule has 10 unspecified atom stereocenters. The van der Waals surface area contributed by atoms with Crippen LogP contribution in [0.2, 0.25) is 0 Å². The molecule has 1 aromatic carbocycles. The molecule has 2 aromatic rings. The van der Waals surface area contributed by atoms with E-state index in [2.05, 4.69) is 0 Å². The van der Waals surface area contributed by atoms with Gasteiger partial charge in [-0.05, 0) is 6.07 Å². The van der Waals surface area contributed by atoms with Crippen molar-refractivity contribution in [3.63, 3.8) is 0 Å². The van der Waals surface area contributed by atoms with Gasteiger partial charge in [0, 0.05) is 12.1 Å². The summed E-state index contributed by atoms with van der Waals surface area (Å²) in [7, 11) is 1.31. The Bertz CT molecular complexity index is 1130. The van der Waals surface area contributed by atoms with E-state index in [1.807, 2.05) is 0 Å². The lowest BCUT2D eigenvalue weighted by molar-refractivity contribution is -0.358. The van der Waals surface area contributed by atoms with Crippen LogP contribution in [0.1, 0.15) is 0 Å². The second-order valence-electron chi connectivity index (χ2n) is 8.55. The van der Waals surface area contributed by atoms with Crippen molar-refractivity contribution >= 4 is 11.0 Å². The van der Waals surface area contributed by atoms with Crippen LogP contribution in [0.3, 0.4) is 0 Å². The van der Waals surface area contributed by atoms with Gasteiger partial charge in [-0.1, -0.05) is 0 Å². The summed E-state index contributed by atoms with van der Waals surface area (Å²) < 4.78 is 32.4. The summed E-state index contributed by atoms with van der Waals surface area (Å²) in [6, 6.07) is 3.69. The molecule has 0 saturated carbocycles. The molecule has 4 rings (SSSR count). The minimum atomic E-state index is -1.86. The van der Waals surface area contributed by atoms with Gasteiger partial charge in [0.15, 0.2) is 23.7 Å². The van der Waals surface area contributed by atoms with Crippen molar-refractivity contribution in [2.45, 2.75) is 61.4 Å². The molecule has 2 aliphatic heterocycles. The highest BCUT2D eigenvalue weighted by Gasteiger charge is 2.51. The van der Waals surface area contributed by atoms with Crippen LogP contribution in [-0.4, -0.2) is 123 Å². The van der Waals surface area contributed by atoms with E-state index in [0.717, 1.165) is 6.07 Å². The Labute approximate surface area is 208 Å². The molecule has 0 radical (unpaired) electrons. The maximum Gasteiger partial charge on any atom is 0.336 e. The van der Waals surface area contributed by atoms with Crippen molar-refractivity contribution in [3.8, 4) is 17.2 Å². The first-order chi connectivity index (χ1) is 17.6. The summed E-state index contributed by atoms with van der Waals surface area (Å²) in [5, 5.41) is 81.4. The molecule has 0 aliphatic carbocycles. The Balaban J connectivity index is 1.69. The fourth-order valence-corrected chi connectivity index (χ4v) is 4.18. The average Bonchev–Trinajstić information content (AvgIpc) is 2.89. The van der Waals surface area contributed by atoms with Crippen LogP contribution >= 0.6 is 0 Å². The minimum absolute atomic E-state index is 0.119. The van der Waals surface area contributed by atoms with Crippen LogP contribution in [0.25, 0.3) is 11.0 Å². The number of hydrogen-bond donors (Lipinski definition) is 8. The van der Waals surface area contributed by atoms with Crippen LogP contribution in [0.15, 0.2) is 27.4 Å². The molecule has 206 valence electrons. The topological polar surface area (TPSA) is 238 Å². The molecule has 10 atom stereocenters. The summed E-state index contributed by atoms with van der Waals surface area (Å²) in [6.45, 7) is -1.51. The van der Waals surface area contributed by atoms with Crippen molar-refractivity contribution in [2.24, 2.45) is 0 Å². The van der Waals surface area contributed by atoms with Crippen molar-refractivity contribution in [2.75, 3.05) is 20.3 Å². The molecule has 8 N–H and O–H groups in total. The third kappa shape index (κ3) is 5.10. The summed E-state index contributed by atoms with van der Waals surface area (Å²) in [5.41, 5.74) is -1.07. The molecular formula is C22H28O15. The standard InChI is InChI=1S/C22H28O15/c1-32-8-4-9(15(28)19-7(8)2-3-12(25)36-19)33-22-20(17(30)14(27)11(6-24)35-22)37-21-18(31)16(29)13(26)10(5-23)34-21/h2-4,10-11,13-14,16-18,20-24,26-31H,5-6H2,1H3. The molecule has 3 heterocycles. The maximum absolute atomic E-state index is 11.7. The predicted octanol–water partition coefficient (Wildman–Crippen LogP) is -3.49. The van der Waals surface area contributed by atoms with Gasteiger partial charge in [0.2, 0.25) is 12.0 Å². The van der Waals surface area contributed by atoms with E-state index in [0.29, 0.717) is 0 Å². The lowest BCUT2D eigenvalue weighted by Gasteiger charge is -2.45. The summed E-state index contributed by atoms with van der Waals surface area (Å²) in [5.74, 6) is -0.899. The zero-order valence-corrected chi connectivity index (χ0v) is 19.4. The summed E-state index contributed by atoms with van der Waals surface area (Å²) >= 11 is 0. The van der Waals surface area contributed by atoms with Crippen LogP contribution in [0.4, 0.5) is 0 Å². The molecule has 15 nitrogen and oxygen atoms in total. The van der Waals surface area contributed by atoms with E-state index in [9.17, 15) is 45.6 Å². The molecular weight excluding hydrogens is 504 g/mol. The maximum atomic E-state index is 11.7. The van der Waals surface area contributed by atoms with Crippen molar-refractivity contribution in [3.05, 3.63) is 28.6 Å². The Morgan fingerprint density at radius 1 is 0.838 bits per heavy atom. The Hall–Kier alpha value is -2.57. The van der Waals surface area contributed by atoms with Gasteiger partial charge in [-0.2, -0.15) is 0 Å². The van der Waals surface area contributed by atoms with E-state index in [4.69, 9.17) is 28.1 Å². The average molecular weight is 532 g/mol. The number of benzene rings is 1. The van der Waals surface area contributed by atoms with Gasteiger partial charge >= 0.3 is 5.63 Å². The van der Waals surface area contributed by atoms with Gasteiger partial charge < -0.3 is 69.0 Å². The zero-order chi connectivity index (χ0) is 27.0. The number of aliphatic hydroxyl groups is 7. The van der Waals surface area contributed by atoms with Crippen LogP contribution < -0.4 is 15.1 Å². The summed E-state index contributed by atoms with van der Waals surface area (Å²) in [4.78, 5) is 11.7. The number of aromatic hydroxyl groups is 1. The molecule has 2 fully saturated rings. The number of fused-ring (bicyclic) bond motifs is 1. The Kier molecular flexibility index (Phi) is 8.20. The monoisotopic (exact) mass is 532 g/mol. The number of methoxy groups -OCH3 is 1. The molecule has 37 heavy (non-hydrogen) atoms. The van der Waals surface area contributed by atoms with Crippen LogP contribution in [0.5, 0.6) is 17.2 Å². The molecule has 2 aliphatic rings. The highest BCUT2D eigenvalue weighted by atomic mass is 16.8. The van der Waals surface area contributed by atoms with Gasteiger partial charge in [-0.15, -0.1) is 0 Å². The predicted molar refractivity (Wildman–Crippen MR) is 118 cm³/mol. The molecule has 0 amide bonds. The number of ether oxygens (including phenoxy) is 5. The molecule has 0 bridgehead atoms. The fraction of sp³-hybridized carbons (Fsp3) is 0.591. The van der Waals surface area contributed by atoms with Crippen LogP contribution in [-0.2, 0) is 14.2 Å². The fourth-order valence-electron chi connectivity index (χ4n) is 4.18. The molecule has 15 heteroatoms. The summed E-state index contributed by atoms with van der Waals surface area (Å²) in [6.07, 6.45) is -16.7. The number of rotatable bonds is 7. The van der Waals surface area contributed by atoms with Gasteiger partial charge in [0.25, 0.3) is 0 Å². The first-order valence-electron chi connectivity index (χ1n) is 11.2. The highest BCUT2D eigenvalue weighted by molar-refractivity contribution is 5.90. The van der Waals surface area contributed by atoms with E-state index < -0.39 is 86.0 Å². The largest absolute Gasteiger partial charge is 0.502 e. The second-order valence-corrected chi connectivity index (χ2v) is 8.55. The number of aliphatic hydroxyl groups excluding tert-OH is 7. The first kappa shape index (κ1) is 27.5. The second kappa shape index (κ2) is 11.0. The SMILES string of the molecule is COc1cc(OC2OC(CO)C(O)C(O)C2OC2OC(CO)C(O)C(O)C2O)c(O)c2oc(=O)ccc12. The highest BCUT2D eigenvalue weighted by Crippen LogP contribution is 2.41. The van der Waals surface area contributed by atoms with E-state index >= 15 is 0 Å². The van der Waals surface area contributed by atoms with Gasteiger partial charge in [0.1, 0.15) is 48.5 Å². The van der Waals surface area contributed by atoms with E-state index in [1.165, 1.54) is 19.2 Å². The number of phenols is 1. The van der Waals surface area contributed by atoms with E-state index in [1.54, 1.807) is 0 Å². The van der Waals surface area contributed by atoms with E-state index in [-0.39, 0.29) is 22.5 Å². The molecule has 2 saturated heterocycles. The third-order valence-electron chi connectivity index (χ3n) is 6.24. The van der Waals surface area contributed by atoms with Gasteiger partial charge in [-0.3, -0.25) is 0 Å². The quantitative estimate of drug-likeness (QED) is 0.162. The smallest absolute Gasteiger partial charge is 0.336 e. The lowest BCUT2D eigenvalue weighted by Crippen LogP contribution is -2.65. The van der Waals surface area contributed by atoms with Gasteiger partial charge in [-0.25, -0.2) is 4.79 Å². The van der Waals surface area contributed by atoms with Crippen molar-refractivity contribution < 1.29 is 69.0 Å². The normalized spacial score (nSPS) is 36.4. The number of phenolic OH excluding ortho intramolecular Hbond substituents is 1.